The number of thiophene rings is 1. The highest BCUT2D eigenvalue weighted by Crippen LogP contribution is 2.10. The average Bonchev–Trinajstić information content (AvgIpc) is 2.39. The van der Waals surface area contributed by atoms with Crippen molar-refractivity contribution in [2.45, 2.75) is 6.54 Å². The Labute approximate surface area is 69.4 Å². The molecule has 0 atom stereocenters. The van der Waals surface area contributed by atoms with Crippen LogP contribution < -0.4 is 5.73 Å². The van der Waals surface area contributed by atoms with Gasteiger partial charge in [-0.3, -0.25) is 0 Å². The van der Waals surface area contributed by atoms with Gasteiger partial charge in [-0.15, -0.1) is 11.3 Å². The quantitative estimate of drug-likeness (QED) is 0.715. The highest BCUT2D eigenvalue weighted by atomic mass is 32.1. The van der Waals surface area contributed by atoms with Crippen LogP contribution in [0.2, 0.25) is 0 Å². The first-order valence-corrected chi connectivity index (χ1v) is 3.98. The molecule has 0 bridgehead atoms. The van der Waals surface area contributed by atoms with Gasteiger partial charge in [-0.2, -0.15) is 0 Å². The zero-order chi connectivity index (χ0) is 8.27. The molecule has 4 heteroatoms. The van der Waals surface area contributed by atoms with Crippen LogP contribution in [-0.4, -0.2) is 10.9 Å². The van der Waals surface area contributed by atoms with Gasteiger partial charge in [0.2, 0.25) is 0 Å². The van der Waals surface area contributed by atoms with Crippen LogP contribution in [0.1, 0.15) is 4.88 Å². The summed E-state index contributed by atoms with van der Waals surface area (Å²) >= 11 is 1.58. The van der Waals surface area contributed by atoms with E-state index in [1.165, 1.54) is 4.90 Å². The van der Waals surface area contributed by atoms with Gasteiger partial charge >= 0.3 is 6.03 Å². The second kappa shape index (κ2) is 3.39. The maximum atomic E-state index is 10.5. The molecule has 0 fully saturated rings. The Morgan fingerprint density at radius 1 is 1.82 bits per heavy atom. The summed E-state index contributed by atoms with van der Waals surface area (Å²) in [6.45, 7) is 0.493. The highest BCUT2D eigenvalue weighted by Gasteiger charge is 2.03. The summed E-state index contributed by atoms with van der Waals surface area (Å²) in [5.41, 5.74) is 4.98. The number of primary amides is 1. The topological polar surface area (TPSA) is 46.3 Å². The van der Waals surface area contributed by atoms with E-state index < -0.39 is 6.03 Å². The highest BCUT2D eigenvalue weighted by molar-refractivity contribution is 7.09. The van der Waals surface area contributed by atoms with E-state index in [9.17, 15) is 4.79 Å². The van der Waals surface area contributed by atoms with E-state index in [1.54, 1.807) is 11.3 Å². The maximum Gasteiger partial charge on any atom is 0.315 e. The average molecular weight is 169 g/mol. The van der Waals surface area contributed by atoms with Gasteiger partial charge in [0, 0.05) is 11.9 Å². The molecular formula is C7H9N2OS. The summed E-state index contributed by atoms with van der Waals surface area (Å²) in [7, 11) is 3.48. The van der Waals surface area contributed by atoms with Crippen LogP contribution in [0.4, 0.5) is 4.79 Å². The SMILES string of the molecule is [CH2]N(Cc1cccs1)C(N)=O. The molecule has 0 spiro atoms. The van der Waals surface area contributed by atoms with Crippen LogP contribution in [0, 0.1) is 7.05 Å². The summed E-state index contributed by atoms with van der Waals surface area (Å²) in [5, 5.41) is 1.95. The van der Waals surface area contributed by atoms with Crippen LogP contribution in [0.5, 0.6) is 0 Å². The largest absolute Gasteiger partial charge is 0.351 e. The third-order valence-electron chi connectivity index (χ3n) is 1.24. The van der Waals surface area contributed by atoms with E-state index in [0.29, 0.717) is 6.54 Å². The minimum Gasteiger partial charge on any atom is -0.351 e. The molecule has 59 valence electrons. The van der Waals surface area contributed by atoms with Gasteiger partial charge in [0.1, 0.15) is 0 Å². The number of carbonyl (C=O) groups is 1. The van der Waals surface area contributed by atoms with Crippen molar-refractivity contribution in [1.29, 1.82) is 0 Å². The molecule has 1 rings (SSSR count). The number of nitrogens with two attached hydrogens (primary N) is 1. The van der Waals surface area contributed by atoms with E-state index in [2.05, 4.69) is 7.05 Å². The zero-order valence-electron chi connectivity index (χ0n) is 5.99. The van der Waals surface area contributed by atoms with Gasteiger partial charge in [0.15, 0.2) is 0 Å². The second-order valence-corrected chi connectivity index (χ2v) is 3.15. The van der Waals surface area contributed by atoms with Crippen molar-refractivity contribution in [3.05, 3.63) is 29.4 Å². The monoisotopic (exact) mass is 169 g/mol. The molecule has 0 unspecified atom stereocenters. The number of rotatable bonds is 2. The molecule has 2 N–H and O–H groups in total. The Morgan fingerprint density at radius 2 is 2.55 bits per heavy atom. The molecule has 0 aliphatic heterocycles. The summed E-state index contributed by atoms with van der Waals surface area (Å²) in [6, 6.07) is 3.36. The van der Waals surface area contributed by atoms with Crippen molar-refractivity contribution < 1.29 is 4.79 Å². The Bertz CT molecular complexity index is 233. The van der Waals surface area contributed by atoms with Gasteiger partial charge in [-0.1, -0.05) is 6.07 Å². The molecular weight excluding hydrogens is 160 g/mol. The molecule has 0 saturated carbocycles. The van der Waals surface area contributed by atoms with Gasteiger partial charge < -0.3 is 10.6 Å². The number of amides is 2. The number of hydrogen-bond acceptors (Lipinski definition) is 2. The van der Waals surface area contributed by atoms with Gasteiger partial charge in [0.25, 0.3) is 0 Å². The Balaban J connectivity index is 2.50. The molecule has 0 aliphatic carbocycles. The van der Waals surface area contributed by atoms with Gasteiger partial charge in [0.05, 0.1) is 6.54 Å². The smallest absolute Gasteiger partial charge is 0.315 e. The van der Waals surface area contributed by atoms with Crippen molar-refractivity contribution in [3.63, 3.8) is 0 Å². The van der Waals surface area contributed by atoms with E-state index in [0.717, 1.165) is 4.88 Å². The molecule has 1 aromatic rings. The first kappa shape index (κ1) is 8.07. The minimum absolute atomic E-state index is 0.493. The van der Waals surface area contributed by atoms with Crippen molar-refractivity contribution >= 4 is 17.4 Å². The van der Waals surface area contributed by atoms with Crippen molar-refractivity contribution in [2.75, 3.05) is 0 Å². The summed E-state index contributed by atoms with van der Waals surface area (Å²) in [5.74, 6) is 0. The lowest BCUT2D eigenvalue weighted by atomic mass is 10.4. The third kappa shape index (κ3) is 2.23. The van der Waals surface area contributed by atoms with Crippen LogP contribution in [0.3, 0.4) is 0 Å². The van der Waals surface area contributed by atoms with E-state index in [4.69, 9.17) is 5.73 Å². The second-order valence-electron chi connectivity index (χ2n) is 2.12. The molecule has 0 aromatic carbocycles. The normalized spacial score (nSPS) is 9.55. The summed E-state index contributed by atoms with van der Waals surface area (Å²) in [4.78, 5) is 12.8. The van der Waals surface area contributed by atoms with Crippen molar-refractivity contribution in [1.82, 2.24) is 4.90 Å². The molecule has 0 saturated heterocycles. The first-order chi connectivity index (χ1) is 5.20. The van der Waals surface area contributed by atoms with Gasteiger partial charge in [-0.25, -0.2) is 4.79 Å². The van der Waals surface area contributed by atoms with Crippen LogP contribution >= 0.6 is 11.3 Å². The number of carbonyl (C=O) groups excluding carboxylic acids is 1. The van der Waals surface area contributed by atoms with Gasteiger partial charge in [-0.05, 0) is 11.4 Å². The summed E-state index contributed by atoms with van der Waals surface area (Å²) in [6.07, 6.45) is 0. The van der Waals surface area contributed by atoms with Crippen LogP contribution in [0.15, 0.2) is 17.5 Å². The molecule has 1 aromatic heterocycles. The zero-order valence-corrected chi connectivity index (χ0v) is 6.80. The van der Waals surface area contributed by atoms with Crippen LogP contribution in [-0.2, 0) is 6.54 Å². The first-order valence-electron chi connectivity index (χ1n) is 3.10. The molecule has 1 radical (unpaired) electrons. The molecule has 0 aliphatic rings. The Morgan fingerprint density at radius 3 is 3.00 bits per heavy atom. The van der Waals surface area contributed by atoms with Crippen molar-refractivity contribution in [3.8, 4) is 0 Å². The lowest BCUT2D eigenvalue weighted by Gasteiger charge is -2.11. The maximum absolute atomic E-state index is 10.5. The molecule has 2 amide bonds. The van der Waals surface area contributed by atoms with E-state index >= 15 is 0 Å². The predicted octanol–water partition coefficient (Wildman–Crippen LogP) is 1.42. The third-order valence-corrected chi connectivity index (χ3v) is 2.10. The molecule has 3 nitrogen and oxygen atoms in total. The number of urea groups is 1. The molecule has 1 heterocycles. The Kier molecular flexibility index (Phi) is 2.48. The fourth-order valence-electron chi connectivity index (χ4n) is 0.669. The van der Waals surface area contributed by atoms with Crippen molar-refractivity contribution in [2.24, 2.45) is 5.73 Å². The predicted molar refractivity (Wildman–Crippen MR) is 44.8 cm³/mol. The lowest BCUT2D eigenvalue weighted by molar-refractivity contribution is 0.222. The fraction of sp³-hybridized carbons (Fsp3) is 0.143. The Hall–Kier alpha value is -1.03. The minimum atomic E-state index is -0.501. The fourth-order valence-corrected chi connectivity index (χ4v) is 1.39. The molecule has 11 heavy (non-hydrogen) atoms. The standard InChI is InChI=1S/C7H9N2OS/c1-9(7(8)10)5-6-3-2-4-11-6/h2-4H,1,5H2,(H2,8,10). The number of hydrogen-bond donors (Lipinski definition) is 1. The number of nitrogens with zero attached hydrogens (tertiary/aromatic N) is 1. The lowest BCUT2D eigenvalue weighted by Crippen LogP contribution is -2.29. The van der Waals surface area contributed by atoms with E-state index in [-0.39, 0.29) is 0 Å². The van der Waals surface area contributed by atoms with E-state index in [1.807, 2.05) is 17.5 Å². The summed E-state index contributed by atoms with van der Waals surface area (Å²) < 4.78 is 0. The van der Waals surface area contributed by atoms with Crippen LogP contribution in [0.25, 0.3) is 0 Å².